The fourth-order valence-electron chi connectivity index (χ4n) is 4.26. The summed E-state index contributed by atoms with van der Waals surface area (Å²) in [5.41, 5.74) is 3.44. The quantitative estimate of drug-likeness (QED) is 0.201. The Morgan fingerprint density at radius 2 is 1.87 bits per heavy atom. The van der Waals surface area contributed by atoms with Crippen molar-refractivity contribution in [3.05, 3.63) is 95.2 Å². The number of furan rings is 1. The molecule has 0 saturated carbocycles. The molecule has 1 N–H and O–H groups in total. The number of hydrogen-bond donors (Lipinski definition) is 1. The molecule has 196 valence electrons. The number of nitrogens with one attached hydrogen (secondary N) is 1. The molecule has 1 aliphatic heterocycles. The minimum atomic E-state index is -2.11. The second kappa shape index (κ2) is 10.0. The summed E-state index contributed by atoms with van der Waals surface area (Å²) in [5, 5.41) is 4.00. The summed E-state index contributed by atoms with van der Waals surface area (Å²) in [6, 6.07) is 19.1. The number of rotatable bonds is 7. The Labute approximate surface area is 229 Å². The van der Waals surface area contributed by atoms with E-state index in [0.29, 0.717) is 35.1 Å². The van der Waals surface area contributed by atoms with Crippen LogP contribution in [-0.4, -0.2) is 25.3 Å². The molecule has 0 bridgehead atoms. The maximum absolute atomic E-state index is 13.5. The molecule has 0 radical (unpaired) electrons. The fourth-order valence-corrected chi connectivity index (χ4v) is 5.51. The van der Waals surface area contributed by atoms with E-state index in [2.05, 4.69) is 51.3 Å². The van der Waals surface area contributed by atoms with Gasteiger partial charge in [-0.2, -0.15) is 4.57 Å². The van der Waals surface area contributed by atoms with Crippen molar-refractivity contribution in [3.63, 3.8) is 0 Å². The Morgan fingerprint density at radius 1 is 1.11 bits per heavy atom. The normalized spacial score (nSPS) is 15.3. The van der Waals surface area contributed by atoms with Crippen LogP contribution in [0.4, 0.5) is 5.82 Å². The van der Waals surface area contributed by atoms with Crippen molar-refractivity contribution in [1.29, 1.82) is 0 Å². The Hall–Kier alpha value is -3.42. The van der Waals surface area contributed by atoms with Crippen LogP contribution in [-0.2, 0) is 12.8 Å². The van der Waals surface area contributed by atoms with E-state index >= 15 is 0 Å². The van der Waals surface area contributed by atoms with E-state index < -0.39 is 14.4 Å². The molecule has 38 heavy (non-hydrogen) atoms. The SMILES string of the molecule is CC(C)(C)[Si](C)(C)Oc1cc(-c2c[n+]3c(c(Cc4ccccc4)n2)NC(Cc2ccco2)C3=O)ccc1Cl. The largest absolute Gasteiger partial charge is 0.542 e. The molecule has 4 aromatic rings. The first-order chi connectivity index (χ1) is 18.0. The van der Waals surface area contributed by atoms with Crippen molar-refractivity contribution in [3.8, 4) is 17.0 Å². The summed E-state index contributed by atoms with van der Waals surface area (Å²) < 4.78 is 13.8. The second-order valence-electron chi connectivity index (χ2n) is 11.3. The molecule has 1 unspecified atom stereocenters. The molecule has 8 heteroatoms. The average Bonchev–Trinajstić information content (AvgIpc) is 3.49. The van der Waals surface area contributed by atoms with Gasteiger partial charge in [0, 0.05) is 12.0 Å². The summed E-state index contributed by atoms with van der Waals surface area (Å²) in [5.74, 6) is 2.08. The molecule has 2 aromatic heterocycles. The maximum atomic E-state index is 13.5. The summed E-state index contributed by atoms with van der Waals surface area (Å²) in [4.78, 5) is 18.6. The third-order valence-electron chi connectivity index (χ3n) is 7.47. The predicted octanol–water partition coefficient (Wildman–Crippen LogP) is 6.93. The summed E-state index contributed by atoms with van der Waals surface area (Å²) in [6.45, 7) is 11.0. The highest BCUT2D eigenvalue weighted by atomic mass is 35.5. The van der Waals surface area contributed by atoms with Gasteiger partial charge in [0.2, 0.25) is 6.04 Å². The number of carbonyl (C=O) groups excluding carboxylic acids is 1. The van der Waals surface area contributed by atoms with Crippen LogP contribution in [0.15, 0.2) is 77.5 Å². The van der Waals surface area contributed by atoms with Gasteiger partial charge < -0.3 is 8.84 Å². The molecule has 0 spiro atoms. The van der Waals surface area contributed by atoms with Crippen molar-refractivity contribution in [2.24, 2.45) is 0 Å². The van der Waals surface area contributed by atoms with E-state index in [1.54, 1.807) is 17.0 Å². The minimum Gasteiger partial charge on any atom is -0.542 e. The smallest absolute Gasteiger partial charge is 0.359 e. The molecule has 2 aromatic carbocycles. The van der Waals surface area contributed by atoms with Gasteiger partial charge in [0.05, 0.1) is 17.7 Å². The van der Waals surface area contributed by atoms with Crippen LogP contribution < -0.4 is 14.3 Å². The number of nitrogens with zero attached hydrogens (tertiary/aromatic N) is 2. The van der Waals surface area contributed by atoms with E-state index in [1.165, 1.54) is 0 Å². The highest BCUT2D eigenvalue weighted by Gasteiger charge is 2.42. The van der Waals surface area contributed by atoms with Gasteiger partial charge in [-0.15, -0.1) is 0 Å². The van der Waals surface area contributed by atoms with Crippen molar-refractivity contribution in [1.82, 2.24) is 4.98 Å². The lowest BCUT2D eigenvalue weighted by atomic mass is 10.1. The van der Waals surface area contributed by atoms with Crippen LogP contribution in [0.1, 0.15) is 42.6 Å². The first-order valence-electron chi connectivity index (χ1n) is 12.8. The van der Waals surface area contributed by atoms with Gasteiger partial charge in [-0.1, -0.05) is 68.8 Å². The lowest BCUT2D eigenvalue weighted by Gasteiger charge is -2.36. The zero-order valence-electron chi connectivity index (χ0n) is 22.4. The van der Waals surface area contributed by atoms with Crippen molar-refractivity contribution < 1.29 is 18.2 Å². The van der Waals surface area contributed by atoms with Gasteiger partial charge in [0.15, 0.2) is 0 Å². The molecule has 6 nitrogen and oxygen atoms in total. The van der Waals surface area contributed by atoms with Gasteiger partial charge in [0.25, 0.3) is 8.32 Å². The molecule has 0 fully saturated rings. The number of halogens is 1. The predicted molar refractivity (Wildman–Crippen MR) is 152 cm³/mol. The lowest BCUT2D eigenvalue weighted by Crippen LogP contribution is -2.44. The summed E-state index contributed by atoms with van der Waals surface area (Å²) in [6.07, 6.45) is 4.47. The Kier molecular flexibility index (Phi) is 6.92. The molecule has 1 atom stereocenters. The Balaban J connectivity index is 1.55. The number of hydrogen-bond acceptors (Lipinski definition) is 5. The number of benzene rings is 2. The first-order valence-corrected chi connectivity index (χ1v) is 16.1. The van der Waals surface area contributed by atoms with E-state index in [9.17, 15) is 4.79 Å². The molecule has 3 heterocycles. The average molecular weight is 547 g/mol. The van der Waals surface area contributed by atoms with Gasteiger partial charge in [-0.25, -0.2) is 9.78 Å². The number of carbonyl (C=O) groups is 1. The minimum absolute atomic E-state index is 0.0257. The second-order valence-corrected chi connectivity index (χ2v) is 16.4. The Bertz CT molecular complexity index is 1460. The Morgan fingerprint density at radius 3 is 2.55 bits per heavy atom. The van der Waals surface area contributed by atoms with Gasteiger partial charge in [-0.3, -0.25) is 5.32 Å². The van der Waals surface area contributed by atoms with E-state index in [4.69, 9.17) is 25.4 Å². The molecule has 0 saturated heterocycles. The van der Waals surface area contributed by atoms with Gasteiger partial charge in [-0.05, 0) is 48.0 Å². The van der Waals surface area contributed by atoms with Crippen molar-refractivity contribution in [2.45, 2.75) is 57.8 Å². The van der Waals surface area contributed by atoms with E-state index in [-0.39, 0.29) is 10.9 Å². The van der Waals surface area contributed by atoms with Gasteiger partial charge >= 0.3 is 11.7 Å². The third kappa shape index (κ3) is 5.26. The van der Waals surface area contributed by atoms with E-state index in [1.807, 2.05) is 48.5 Å². The fraction of sp³-hybridized carbons (Fsp3) is 0.300. The summed E-state index contributed by atoms with van der Waals surface area (Å²) in [7, 11) is -2.11. The van der Waals surface area contributed by atoms with Crippen molar-refractivity contribution >= 4 is 31.6 Å². The van der Waals surface area contributed by atoms with Gasteiger partial charge in [0.1, 0.15) is 29.1 Å². The topological polar surface area (TPSA) is 68.2 Å². The van der Waals surface area contributed by atoms with Crippen LogP contribution in [0.3, 0.4) is 0 Å². The number of fused-ring (bicyclic) bond motifs is 1. The molecular formula is C30H33ClN3O3Si+. The highest BCUT2D eigenvalue weighted by molar-refractivity contribution is 6.74. The third-order valence-corrected chi connectivity index (χ3v) is 12.1. The maximum Gasteiger partial charge on any atom is 0.359 e. The van der Waals surface area contributed by atoms with Crippen LogP contribution in [0, 0.1) is 0 Å². The number of anilines is 1. The summed E-state index contributed by atoms with van der Waals surface area (Å²) >= 11 is 6.58. The van der Waals surface area contributed by atoms with Crippen LogP contribution in [0.25, 0.3) is 11.3 Å². The molecule has 1 aliphatic rings. The zero-order valence-corrected chi connectivity index (χ0v) is 24.2. The highest BCUT2D eigenvalue weighted by Crippen LogP contribution is 2.40. The first kappa shape index (κ1) is 26.2. The monoisotopic (exact) mass is 546 g/mol. The van der Waals surface area contributed by atoms with Crippen molar-refractivity contribution in [2.75, 3.05) is 5.32 Å². The standard InChI is InChI=1S/C30H32ClN3O3Si/c1-30(2,3)38(4,5)37-27-17-21(13-14-23(27)31)26-19-34-28(24(32-26)16-20-10-7-6-8-11-20)33-25(29(34)35)18-22-12-9-15-36-22/h6-15,17,19,25H,16,18H2,1-5H3/p+1. The molecular weight excluding hydrogens is 514 g/mol. The zero-order chi connectivity index (χ0) is 27.1. The molecule has 0 aliphatic carbocycles. The lowest BCUT2D eigenvalue weighted by molar-refractivity contribution is -0.552. The van der Waals surface area contributed by atoms with Crippen LogP contribution >= 0.6 is 11.6 Å². The number of aromatic nitrogens is 2. The molecule has 0 amide bonds. The van der Waals surface area contributed by atoms with Crippen LogP contribution in [0.5, 0.6) is 5.75 Å². The van der Waals surface area contributed by atoms with E-state index in [0.717, 1.165) is 22.6 Å². The molecule has 5 rings (SSSR count). The van der Waals surface area contributed by atoms with Crippen LogP contribution in [0.2, 0.25) is 23.2 Å².